The molecular formula is C19H23N3O. The molecule has 2 aromatic carbocycles. The molecule has 1 amide bonds. The normalized spacial score (nSPS) is 10.7. The van der Waals surface area contributed by atoms with Gasteiger partial charge in [0.05, 0.1) is 12.6 Å². The quantitative estimate of drug-likeness (QED) is 0.658. The highest BCUT2D eigenvalue weighted by Crippen LogP contribution is 2.10. The van der Waals surface area contributed by atoms with E-state index in [1.165, 1.54) is 5.56 Å². The minimum Gasteiger partial charge on any atom is -0.378 e. The molecule has 2 aromatic rings. The van der Waals surface area contributed by atoms with Crippen LogP contribution in [0.1, 0.15) is 23.6 Å². The van der Waals surface area contributed by atoms with Gasteiger partial charge in [0.1, 0.15) is 0 Å². The smallest absolute Gasteiger partial charge is 0.244 e. The molecule has 0 bridgehead atoms. The maximum absolute atomic E-state index is 11.9. The van der Waals surface area contributed by atoms with Gasteiger partial charge < -0.3 is 4.90 Å². The Balaban J connectivity index is 1.85. The first kappa shape index (κ1) is 16.7. The monoisotopic (exact) mass is 309 g/mol. The van der Waals surface area contributed by atoms with E-state index in [2.05, 4.69) is 29.6 Å². The van der Waals surface area contributed by atoms with Crippen molar-refractivity contribution >= 4 is 17.8 Å². The summed E-state index contributed by atoms with van der Waals surface area (Å²) < 4.78 is 0. The summed E-state index contributed by atoms with van der Waals surface area (Å²) in [6.07, 6.45) is 2.99. The molecule has 0 aliphatic heterocycles. The van der Waals surface area contributed by atoms with Crippen LogP contribution in [0.4, 0.5) is 5.69 Å². The predicted molar refractivity (Wildman–Crippen MR) is 96.0 cm³/mol. The maximum atomic E-state index is 11.9. The number of nitrogens with zero attached hydrogens (tertiary/aromatic N) is 2. The van der Waals surface area contributed by atoms with Crippen LogP contribution in [-0.2, 0) is 17.6 Å². The minimum atomic E-state index is -0.115. The standard InChI is InChI=1S/C19H23N3O/c1-4-15-5-7-16(8-6-15)13-19(23)21-20-14-17-9-11-18(12-10-17)22(2)3/h5-12,14H,4,13H2,1-3H3,(H,21,23)/b20-14+. The third kappa shape index (κ3) is 5.25. The lowest BCUT2D eigenvalue weighted by Crippen LogP contribution is -2.19. The van der Waals surface area contributed by atoms with Gasteiger partial charge in [0.15, 0.2) is 0 Å². The molecule has 0 heterocycles. The number of carbonyl (C=O) groups is 1. The highest BCUT2D eigenvalue weighted by atomic mass is 16.2. The highest BCUT2D eigenvalue weighted by molar-refractivity contribution is 5.83. The Morgan fingerprint density at radius 2 is 1.65 bits per heavy atom. The van der Waals surface area contributed by atoms with E-state index in [-0.39, 0.29) is 5.91 Å². The van der Waals surface area contributed by atoms with Crippen molar-refractivity contribution in [2.75, 3.05) is 19.0 Å². The molecule has 120 valence electrons. The van der Waals surface area contributed by atoms with Crippen LogP contribution in [0, 0.1) is 0 Å². The molecule has 2 rings (SSSR count). The third-order valence-electron chi connectivity index (χ3n) is 3.61. The van der Waals surface area contributed by atoms with Crippen LogP contribution in [-0.4, -0.2) is 26.2 Å². The topological polar surface area (TPSA) is 44.7 Å². The molecule has 0 aromatic heterocycles. The van der Waals surface area contributed by atoms with E-state index < -0.39 is 0 Å². The number of aryl methyl sites for hydroxylation is 1. The molecule has 0 aliphatic rings. The van der Waals surface area contributed by atoms with Crippen molar-refractivity contribution < 1.29 is 4.79 Å². The van der Waals surface area contributed by atoms with Crippen molar-refractivity contribution in [1.82, 2.24) is 5.43 Å². The summed E-state index contributed by atoms with van der Waals surface area (Å²) >= 11 is 0. The molecule has 0 atom stereocenters. The lowest BCUT2D eigenvalue weighted by Gasteiger charge is -2.11. The van der Waals surface area contributed by atoms with E-state index in [1.807, 2.05) is 55.4 Å². The van der Waals surface area contributed by atoms with Crippen LogP contribution in [0.2, 0.25) is 0 Å². The van der Waals surface area contributed by atoms with Crippen LogP contribution in [0.5, 0.6) is 0 Å². The zero-order valence-corrected chi connectivity index (χ0v) is 13.9. The molecule has 0 aliphatic carbocycles. The Morgan fingerprint density at radius 1 is 1.04 bits per heavy atom. The molecule has 0 spiro atoms. The minimum absolute atomic E-state index is 0.115. The fourth-order valence-corrected chi connectivity index (χ4v) is 2.16. The number of nitrogens with one attached hydrogen (secondary N) is 1. The summed E-state index contributed by atoms with van der Waals surface area (Å²) in [5.41, 5.74) is 6.90. The Bertz CT molecular complexity index is 658. The van der Waals surface area contributed by atoms with Crippen molar-refractivity contribution in [2.45, 2.75) is 19.8 Å². The van der Waals surface area contributed by atoms with Gasteiger partial charge in [-0.05, 0) is 35.2 Å². The highest BCUT2D eigenvalue weighted by Gasteiger charge is 2.02. The number of benzene rings is 2. The van der Waals surface area contributed by atoms with E-state index in [0.717, 1.165) is 23.2 Å². The number of hydrogen-bond acceptors (Lipinski definition) is 3. The van der Waals surface area contributed by atoms with Gasteiger partial charge in [-0.2, -0.15) is 5.10 Å². The summed E-state index contributed by atoms with van der Waals surface area (Å²) in [6.45, 7) is 2.11. The molecule has 1 N–H and O–H groups in total. The van der Waals surface area contributed by atoms with Gasteiger partial charge in [-0.25, -0.2) is 5.43 Å². The Morgan fingerprint density at radius 3 is 2.22 bits per heavy atom. The van der Waals surface area contributed by atoms with Crippen molar-refractivity contribution in [3.63, 3.8) is 0 Å². The van der Waals surface area contributed by atoms with Crippen LogP contribution >= 0.6 is 0 Å². The number of hydrogen-bond donors (Lipinski definition) is 1. The first-order valence-corrected chi connectivity index (χ1v) is 7.75. The van der Waals surface area contributed by atoms with Gasteiger partial charge in [0.25, 0.3) is 0 Å². The van der Waals surface area contributed by atoms with Gasteiger partial charge in [0, 0.05) is 19.8 Å². The van der Waals surface area contributed by atoms with Crippen molar-refractivity contribution in [2.24, 2.45) is 5.10 Å². The third-order valence-corrected chi connectivity index (χ3v) is 3.61. The summed E-state index contributed by atoms with van der Waals surface area (Å²) in [5, 5.41) is 4.01. The zero-order chi connectivity index (χ0) is 16.7. The van der Waals surface area contributed by atoms with E-state index in [0.29, 0.717) is 6.42 Å². The van der Waals surface area contributed by atoms with Crippen LogP contribution < -0.4 is 10.3 Å². The average molecular weight is 309 g/mol. The average Bonchev–Trinajstić information content (AvgIpc) is 2.56. The SMILES string of the molecule is CCc1ccc(CC(=O)N/N=C/c2ccc(N(C)C)cc2)cc1. The first-order valence-electron chi connectivity index (χ1n) is 7.75. The van der Waals surface area contributed by atoms with E-state index in [4.69, 9.17) is 0 Å². The number of carbonyl (C=O) groups excluding carboxylic acids is 1. The summed E-state index contributed by atoms with van der Waals surface area (Å²) in [6, 6.07) is 16.0. The van der Waals surface area contributed by atoms with Gasteiger partial charge in [-0.3, -0.25) is 4.79 Å². The summed E-state index contributed by atoms with van der Waals surface area (Å²) in [4.78, 5) is 13.9. The van der Waals surface area contributed by atoms with Crippen molar-refractivity contribution in [3.05, 3.63) is 65.2 Å². The van der Waals surface area contributed by atoms with E-state index in [1.54, 1.807) is 6.21 Å². The summed E-state index contributed by atoms with van der Waals surface area (Å²) in [7, 11) is 3.99. The molecule has 0 saturated carbocycles. The van der Waals surface area contributed by atoms with Crippen molar-refractivity contribution in [1.29, 1.82) is 0 Å². The first-order chi connectivity index (χ1) is 11.1. The van der Waals surface area contributed by atoms with Gasteiger partial charge in [-0.1, -0.05) is 43.3 Å². The van der Waals surface area contributed by atoms with Gasteiger partial charge >= 0.3 is 0 Å². The Labute approximate surface area is 137 Å². The zero-order valence-electron chi connectivity index (χ0n) is 13.9. The van der Waals surface area contributed by atoms with Gasteiger partial charge in [0.2, 0.25) is 5.91 Å². The number of rotatable bonds is 6. The molecule has 0 saturated heterocycles. The predicted octanol–water partition coefficient (Wildman–Crippen LogP) is 3.01. The second kappa shape index (κ2) is 8.13. The van der Waals surface area contributed by atoms with E-state index >= 15 is 0 Å². The lowest BCUT2D eigenvalue weighted by molar-refractivity contribution is -0.120. The second-order valence-electron chi connectivity index (χ2n) is 5.63. The molecular weight excluding hydrogens is 286 g/mol. The van der Waals surface area contributed by atoms with Gasteiger partial charge in [-0.15, -0.1) is 0 Å². The fraction of sp³-hybridized carbons (Fsp3) is 0.263. The molecule has 0 fully saturated rings. The number of anilines is 1. The molecule has 23 heavy (non-hydrogen) atoms. The maximum Gasteiger partial charge on any atom is 0.244 e. The van der Waals surface area contributed by atoms with Crippen LogP contribution in [0.3, 0.4) is 0 Å². The molecule has 0 radical (unpaired) electrons. The Kier molecular flexibility index (Phi) is 5.92. The van der Waals surface area contributed by atoms with Crippen LogP contribution in [0.15, 0.2) is 53.6 Å². The summed E-state index contributed by atoms with van der Waals surface area (Å²) in [5.74, 6) is -0.115. The van der Waals surface area contributed by atoms with Crippen molar-refractivity contribution in [3.8, 4) is 0 Å². The molecule has 4 nitrogen and oxygen atoms in total. The fourth-order valence-electron chi connectivity index (χ4n) is 2.16. The van der Waals surface area contributed by atoms with Crippen LogP contribution in [0.25, 0.3) is 0 Å². The van der Waals surface area contributed by atoms with E-state index in [9.17, 15) is 4.79 Å². The number of amides is 1. The molecule has 4 heteroatoms. The second-order valence-corrected chi connectivity index (χ2v) is 5.63. The Hall–Kier alpha value is -2.62. The largest absolute Gasteiger partial charge is 0.378 e. The molecule has 0 unspecified atom stereocenters. The lowest BCUT2D eigenvalue weighted by atomic mass is 10.1. The number of hydrazone groups is 1.